The van der Waals surface area contributed by atoms with Crippen molar-refractivity contribution in [3.63, 3.8) is 0 Å². The summed E-state index contributed by atoms with van der Waals surface area (Å²) in [6.45, 7) is 3.62. The molecular weight excluding hydrogens is 164 g/mol. The highest BCUT2D eigenvalue weighted by Gasteiger charge is 1.94. The minimum Gasteiger partial charge on any atom is -0.392 e. The zero-order chi connectivity index (χ0) is 9.52. The molecular formula is C11H16O2. The van der Waals surface area contributed by atoms with E-state index in [1.807, 2.05) is 24.3 Å². The van der Waals surface area contributed by atoms with Crippen LogP contribution in [0.3, 0.4) is 0 Å². The molecule has 0 spiro atoms. The van der Waals surface area contributed by atoms with Crippen LogP contribution in [0, 0.1) is 0 Å². The van der Waals surface area contributed by atoms with Crippen LogP contribution in [0.25, 0.3) is 0 Å². The number of hydrogen-bond acceptors (Lipinski definition) is 2. The minimum absolute atomic E-state index is 0.0988. The lowest BCUT2D eigenvalue weighted by molar-refractivity contribution is 0.121. The van der Waals surface area contributed by atoms with Gasteiger partial charge in [0.2, 0.25) is 0 Å². The van der Waals surface area contributed by atoms with E-state index in [1.54, 1.807) is 0 Å². The first-order valence-corrected chi connectivity index (χ1v) is 4.63. The van der Waals surface area contributed by atoms with Crippen molar-refractivity contribution >= 4 is 0 Å². The molecule has 0 aliphatic carbocycles. The molecule has 0 aliphatic heterocycles. The molecule has 72 valence electrons. The third-order valence-electron chi connectivity index (χ3n) is 1.79. The highest BCUT2D eigenvalue weighted by Crippen LogP contribution is 2.06. The highest BCUT2D eigenvalue weighted by molar-refractivity contribution is 5.22. The number of hydrogen-bond donors (Lipinski definition) is 1. The SMILES string of the molecule is CCCOCc1cccc(CO)c1. The highest BCUT2D eigenvalue weighted by atomic mass is 16.5. The number of aliphatic hydroxyl groups excluding tert-OH is 1. The summed E-state index contributed by atoms with van der Waals surface area (Å²) in [5.74, 6) is 0. The van der Waals surface area contributed by atoms with Crippen molar-refractivity contribution in [2.75, 3.05) is 6.61 Å². The fourth-order valence-corrected chi connectivity index (χ4v) is 1.15. The monoisotopic (exact) mass is 180 g/mol. The molecule has 0 amide bonds. The topological polar surface area (TPSA) is 29.5 Å². The Balaban J connectivity index is 2.46. The molecule has 0 unspecified atom stereocenters. The van der Waals surface area contributed by atoms with E-state index < -0.39 is 0 Å². The number of ether oxygens (including phenoxy) is 1. The van der Waals surface area contributed by atoms with Gasteiger partial charge < -0.3 is 9.84 Å². The molecule has 2 heteroatoms. The van der Waals surface area contributed by atoms with Crippen LogP contribution in [0.5, 0.6) is 0 Å². The Morgan fingerprint density at radius 1 is 1.31 bits per heavy atom. The number of aliphatic hydroxyl groups is 1. The maximum absolute atomic E-state index is 8.89. The second kappa shape index (κ2) is 5.73. The molecule has 0 aromatic heterocycles. The van der Waals surface area contributed by atoms with E-state index in [0.29, 0.717) is 6.61 Å². The van der Waals surface area contributed by atoms with Gasteiger partial charge in [-0.15, -0.1) is 0 Å². The van der Waals surface area contributed by atoms with Crippen molar-refractivity contribution < 1.29 is 9.84 Å². The van der Waals surface area contributed by atoms with Gasteiger partial charge in [0, 0.05) is 6.61 Å². The lowest BCUT2D eigenvalue weighted by atomic mass is 10.1. The number of benzene rings is 1. The predicted molar refractivity (Wildman–Crippen MR) is 52.3 cm³/mol. The van der Waals surface area contributed by atoms with E-state index in [-0.39, 0.29) is 6.61 Å². The van der Waals surface area contributed by atoms with Gasteiger partial charge in [-0.3, -0.25) is 0 Å². The first-order valence-electron chi connectivity index (χ1n) is 4.63. The van der Waals surface area contributed by atoms with Gasteiger partial charge in [-0.2, -0.15) is 0 Å². The molecule has 1 rings (SSSR count). The van der Waals surface area contributed by atoms with Crippen molar-refractivity contribution in [2.24, 2.45) is 0 Å². The molecule has 0 fully saturated rings. The summed E-state index contributed by atoms with van der Waals surface area (Å²) in [5.41, 5.74) is 2.07. The minimum atomic E-state index is 0.0988. The van der Waals surface area contributed by atoms with Gasteiger partial charge >= 0.3 is 0 Å². The Kier molecular flexibility index (Phi) is 4.50. The first-order chi connectivity index (χ1) is 6.36. The third kappa shape index (κ3) is 3.57. The molecule has 0 saturated carbocycles. The molecule has 1 N–H and O–H groups in total. The predicted octanol–water partition coefficient (Wildman–Crippen LogP) is 2.11. The van der Waals surface area contributed by atoms with Gasteiger partial charge in [0.25, 0.3) is 0 Å². The smallest absolute Gasteiger partial charge is 0.0716 e. The lowest BCUT2D eigenvalue weighted by Gasteiger charge is -2.03. The van der Waals surface area contributed by atoms with Crippen LogP contribution in [-0.2, 0) is 18.0 Å². The van der Waals surface area contributed by atoms with Gasteiger partial charge in [-0.1, -0.05) is 31.2 Å². The zero-order valence-corrected chi connectivity index (χ0v) is 7.99. The first kappa shape index (κ1) is 10.2. The summed E-state index contributed by atoms with van der Waals surface area (Å²) in [6, 6.07) is 7.82. The molecule has 0 bridgehead atoms. The number of rotatable bonds is 5. The largest absolute Gasteiger partial charge is 0.392 e. The molecule has 0 heterocycles. The summed E-state index contributed by atoms with van der Waals surface area (Å²) < 4.78 is 5.39. The van der Waals surface area contributed by atoms with E-state index in [1.165, 1.54) is 0 Å². The summed E-state index contributed by atoms with van der Waals surface area (Å²) in [5, 5.41) is 8.89. The Labute approximate surface area is 79.2 Å². The second-order valence-corrected chi connectivity index (χ2v) is 3.03. The van der Waals surface area contributed by atoms with E-state index in [0.717, 1.165) is 24.2 Å². The van der Waals surface area contributed by atoms with Gasteiger partial charge in [0.05, 0.1) is 13.2 Å². The average molecular weight is 180 g/mol. The van der Waals surface area contributed by atoms with Crippen molar-refractivity contribution in [1.29, 1.82) is 0 Å². The Hall–Kier alpha value is -0.860. The summed E-state index contributed by atoms with van der Waals surface area (Å²) in [6.07, 6.45) is 1.04. The fourth-order valence-electron chi connectivity index (χ4n) is 1.15. The standard InChI is InChI=1S/C11H16O2/c1-2-6-13-9-11-5-3-4-10(7-11)8-12/h3-5,7,12H,2,6,8-9H2,1H3. The van der Waals surface area contributed by atoms with Crippen molar-refractivity contribution in [1.82, 2.24) is 0 Å². The van der Waals surface area contributed by atoms with Crippen LogP contribution in [0.15, 0.2) is 24.3 Å². The molecule has 0 atom stereocenters. The maximum Gasteiger partial charge on any atom is 0.0716 e. The fraction of sp³-hybridized carbons (Fsp3) is 0.455. The molecule has 1 aromatic carbocycles. The van der Waals surface area contributed by atoms with E-state index in [2.05, 4.69) is 6.92 Å². The molecule has 0 aliphatic rings. The molecule has 0 saturated heterocycles. The second-order valence-electron chi connectivity index (χ2n) is 3.03. The van der Waals surface area contributed by atoms with Gasteiger partial charge in [-0.25, -0.2) is 0 Å². The third-order valence-corrected chi connectivity index (χ3v) is 1.79. The van der Waals surface area contributed by atoms with E-state index in [4.69, 9.17) is 9.84 Å². The summed E-state index contributed by atoms with van der Waals surface area (Å²) in [4.78, 5) is 0. The van der Waals surface area contributed by atoms with E-state index >= 15 is 0 Å². The Morgan fingerprint density at radius 3 is 2.77 bits per heavy atom. The lowest BCUT2D eigenvalue weighted by Crippen LogP contribution is -1.95. The Morgan fingerprint density at radius 2 is 2.08 bits per heavy atom. The van der Waals surface area contributed by atoms with Gasteiger partial charge in [0.1, 0.15) is 0 Å². The quantitative estimate of drug-likeness (QED) is 0.703. The van der Waals surface area contributed by atoms with Crippen LogP contribution in [0.4, 0.5) is 0 Å². The van der Waals surface area contributed by atoms with Crippen molar-refractivity contribution in [3.8, 4) is 0 Å². The molecule has 2 nitrogen and oxygen atoms in total. The van der Waals surface area contributed by atoms with E-state index in [9.17, 15) is 0 Å². The van der Waals surface area contributed by atoms with Crippen LogP contribution in [0.2, 0.25) is 0 Å². The van der Waals surface area contributed by atoms with Crippen LogP contribution in [-0.4, -0.2) is 11.7 Å². The van der Waals surface area contributed by atoms with Crippen molar-refractivity contribution in [3.05, 3.63) is 35.4 Å². The van der Waals surface area contributed by atoms with Crippen LogP contribution in [0.1, 0.15) is 24.5 Å². The van der Waals surface area contributed by atoms with Gasteiger partial charge in [0.15, 0.2) is 0 Å². The summed E-state index contributed by atoms with van der Waals surface area (Å²) in [7, 11) is 0. The van der Waals surface area contributed by atoms with Crippen molar-refractivity contribution in [2.45, 2.75) is 26.6 Å². The molecule has 1 aromatic rings. The maximum atomic E-state index is 8.89. The average Bonchev–Trinajstić information content (AvgIpc) is 2.19. The summed E-state index contributed by atoms with van der Waals surface area (Å²) >= 11 is 0. The van der Waals surface area contributed by atoms with Crippen LogP contribution >= 0.6 is 0 Å². The van der Waals surface area contributed by atoms with Gasteiger partial charge in [-0.05, 0) is 17.5 Å². The molecule has 0 radical (unpaired) electrons. The Bertz CT molecular complexity index is 246. The zero-order valence-electron chi connectivity index (χ0n) is 7.99. The van der Waals surface area contributed by atoms with Crippen LogP contribution < -0.4 is 0 Å². The molecule has 13 heavy (non-hydrogen) atoms. The normalized spacial score (nSPS) is 10.3.